The number of hydrogen-bond acceptors (Lipinski definition) is 5. The molecule has 0 unspecified atom stereocenters. The number of halogens is 1. The van der Waals surface area contributed by atoms with Crippen LogP contribution in [0.1, 0.15) is 12.3 Å². The molecule has 1 amide bonds. The number of nitrogens with one attached hydrogen (secondary N) is 1. The second-order valence-electron chi connectivity index (χ2n) is 5.28. The van der Waals surface area contributed by atoms with Gasteiger partial charge in [-0.25, -0.2) is 0 Å². The zero-order chi connectivity index (χ0) is 17.6. The Bertz CT molecular complexity index is 845. The molecule has 0 aliphatic heterocycles. The first-order chi connectivity index (χ1) is 12.1. The highest BCUT2D eigenvalue weighted by atomic mass is 35.5. The quantitative estimate of drug-likeness (QED) is 0.722. The fourth-order valence-electron chi connectivity index (χ4n) is 2.18. The summed E-state index contributed by atoms with van der Waals surface area (Å²) in [5.74, 6) is 1.42. The number of carbonyl (C=O) groups excluding carboxylic acids is 1. The van der Waals surface area contributed by atoms with Gasteiger partial charge in [0.15, 0.2) is 0 Å². The summed E-state index contributed by atoms with van der Waals surface area (Å²) in [7, 11) is 1.59. The van der Waals surface area contributed by atoms with Crippen molar-refractivity contribution in [1.29, 1.82) is 0 Å². The van der Waals surface area contributed by atoms with Crippen LogP contribution in [0.2, 0.25) is 5.02 Å². The van der Waals surface area contributed by atoms with Crippen molar-refractivity contribution in [2.24, 2.45) is 0 Å². The van der Waals surface area contributed by atoms with E-state index in [0.717, 1.165) is 11.3 Å². The van der Waals surface area contributed by atoms with E-state index in [0.29, 0.717) is 28.9 Å². The van der Waals surface area contributed by atoms with Gasteiger partial charge in [0.1, 0.15) is 5.75 Å². The molecular weight excluding hydrogens is 342 g/mol. The van der Waals surface area contributed by atoms with E-state index in [1.165, 1.54) is 0 Å². The van der Waals surface area contributed by atoms with Crippen LogP contribution in [0.4, 0.5) is 5.69 Å². The van der Waals surface area contributed by atoms with E-state index in [1.54, 1.807) is 55.6 Å². The molecule has 3 aromatic rings. The van der Waals surface area contributed by atoms with Gasteiger partial charge in [-0.15, -0.1) is 10.2 Å². The van der Waals surface area contributed by atoms with Crippen LogP contribution in [0.15, 0.2) is 52.9 Å². The molecular formula is C18H16ClN3O3. The minimum atomic E-state index is -0.128. The Morgan fingerprint density at radius 3 is 2.52 bits per heavy atom. The largest absolute Gasteiger partial charge is 0.497 e. The number of benzene rings is 2. The van der Waals surface area contributed by atoms with Crippen LogP contribution < -0.4 is 10.1 Å². The first-order valence-electron chi connectivity index (χ1n) is 7.66. The highest BCUT2D eigenvalue weighted by molar-refractivity contribution is 6.30. The molecule has 0 saturated carbocycles. The molecule has 1 heterocycles. The lowest BCUT2D eigenvalue weighted by Crippen LogP contribution is -2.12. The van der Waals surface area contributed by atoms with Gasteiger partial charge in [0, 0.05) is 29.1 Å². The molecule has 7 heteroatoms. The van der Waals surface area contributed by atoms with Crippen LogP contribution in [-0.2, 0) is 11.2 Å². The lowest BCUT2D eigenvalue weighted by Gasteiger charge is -2.05. The lowest BCUT2D eigenvalue weighted by atomic mass is 10.2. The zero-order valence-electron chi connectivity index (χ0n) is 13.5. The van der Waals surface area contributed by atoms with E-state index < -0.39 is 0 Å². The zero-order valence-corrected chi connectivity index (χ0v) is 14.3. The Morgan fingerprint density at radius 1 is 1.12 bits per heavy atom. The molecule has 0 aliphatic carbocycles. The predicted octanol–water partition coefficient (Wildman–Crippen LogP) is 3.97. The SMILES string of the molecule is COc1ccc(NC(=O)CCc2nnc(-c3ccc(Cl)cc3)o2)cc1. The van der Waals surface area contributed by atoms with Crippen LogP contribution in [0.5, 0.6) is 5.75 Å². The van der Waals surface area contributed by atoms with Gasteiger partial charge in [0.2, 0.25) is 17.7 Å². The van der Waals surface area contributed by atoms with Gasteiger partial charge < -0.3 is 14.5 Å². The summed E-state index contributed by atoms with van der Waals surface area (Å²) in [5, 5.41) is 11.4. The Balaban J connectivity index is 1.54. The molecule has 0 fully saturated rings. The summed E-state index contributed by atoms with van der Waals surface area (Å²) in [6.07, 6.45) is 0.608. The van der Waals surface area contributed by atoms with Crippen molar-refractivity contribution in [2.75, 3.05) is 12.4 Å². The molecule has 25 heavy (non-hydrogen) atoms. The molecule has 1 aromatic heterocycles. The number of methoxy groups -OCH3 is 1. The van der Waals surface area contributed by atoms with Gasteiger partial charge in [-0.2, -0.15) is 0 Å². The Kier molecular flexibility index (Phi) is 5.30. The molecule has 0 atom stereocenters. The van der Waals surface area contributed by atoms with E-state index in [9.17, 15) is 4.79 Å². The number of amides is 1. The Labute approximate surface area is 149 Å². The number of carbonyl (C=O) groups is 1. The Hall–Kier alpha value is -2.86. The first-order valence-corrected chi connectivity index (χ1v) is 8.04. The Morgan fingerprint density at radius 2 is 1.84 bits per heavy atom. The maximum atomic E-state index is 12.0. The van der Waals surface area contributed by atoms with Gasteiger partial charge in [-0.3, -0.25) is 4.79 Å². The number of rotatable bonds is 6. The number of anilines is 1. The third kappa shape index (κ3) is 4.58. The molecule has 1 N–H and O–H groups in total. The molecule has 3 rings (SSSR count). The van der Waals surface area contributed by atoms with Gasteiger partial charge >= 0.3 is 0 Å². The number of nitrogens with zero attached hydrogens (tertiary/aromatic N) is 2. The third-order valence-corrected chi connectivity index (χ3v) is 3.75. The summed E-state index contributed by atoms with van der Waals surface area (Å²) in [4.78, 5) is 12.0. The number of aromatic nitrogens is 2. The van der Waals surface area contributed by atoms with Gasteiger partial charge in [0.05, 0.1) is 7.11 Å². The minimum Gasteiger partial charge on any atom is -0.497 e. The number of aryl methyl sites for hydroxylation is 1. The van der Waals surface area contributed by atoms with Crippen molar-refractivity contribution in [1.82, 2.24) is 10.2 Å². The van der Waals surface area contributed by atoms with Crippen LogP contribution in [0.3, 0.4) is 0 Å². The summed E-state index contributed by atoms with van der Waals surface area (Å²) >= 11 is 5.85. The summed E-state index contributed by atoms with van der Waals surface area (Å²) < 4.78 is 10.7. The molecule has 6 nitrogen and oxygen atoms in total. The fourth-order valence-corrected chi connectivity index (χ4v) is 2.31. The van der Waals surface area contributed by atoms with Gasteiger partial charge in [0.25, 0.3) is 0 Å². The van der Waals surface area contributed by atoms with Gasteiger partial charge in [-0.1, -0.05) is 11.6 Å². The van der Waals surface area contributed by atoms with E-state index >= 15 is 0 Å². The second kappa shape index (κ2) is 7.81. The molecule has 0 bridgehead atoms. The minimum absolute atomic E-state index is 0.128. The van der Waals surface area contributed by atoms with Crippen LogP contribution in [0, 0.1) is 0 Å². The second-order valence-corrected chi connectivity index (χ2v) is 5.72. The predicted molar refractivity (Wildman–Crippen MR) is 94.7 cm³/mol. The highest BCUT2D eigenvalue weighted by Crippen LogP contribution is 2.21. The molecule has 128 valence electrons. The summed E-state index contributed by atoms with van der Waals surface area (Å²) in [6, 6.07) is 14.2. The van der Waals surface area contributed by atoms with Crippen molar-refractivity contribution in [3.63, 3.8) is 0 Å². The van der Waals surface area contributed by atoms with Crippen LogP contribution in [0.25, 0.3) is 11.5 Å². The standard InChI is InChI=1S/C18H16ClN3O3/c1-24-15-8-6-14(7-9-15)20-16(23)10-11-17-21-22-18(25-17)12-2-4-13(19)5-3-12/h2-9H,10-11H2,1H3,(H,20,23). The maximum absolute atomic E-state index is 12.0. The average molecular weight is 358 g/mol. The molecule has 0 radical (unpaired) electrons. The molecule has 0 spiro atoms. The average Bonchev–Trinajstić information content (AvgIpc) is 3.10. The maximum Gasteiger partial charge on any atom is 0.247 e. The lowest BCUT2D eigenvalue weighted by molar-refractivity contribution is -0.116. The van der Waals surface area contributed by atoms with Crippen LogP contribution >= 0.6 is 11.6 Å². The third-order valence-electron chi connectivity index (χ3n) is 3.50. The number of hydrogen-bond donors (Lipinski definition) is 1. The van der Waals surface area contributed by atoms with Crippen LogP contribution in [-0.4, -0.2) is 23.2 Å². The van der Waals surface area contributed by atoms with Gasteiger partial charge in [-0.05, 0) is 48.5 Å². The first kappa shape index (κ1) is 17.0. The van der Waals surface area contributed by atoms with E-state index in [1.807, 2.05) is 0 Å². The molecule has 2 aromatic carbocycles. The number of ether oxygens (including phenoxy) is 1. The van der Waals surface area contributed by atoms with Crippen molar-refractivity contribution >= 4 is 23.2 Å². The monoisotopic (exact) mass is 357 g/mol. The summed E-state index contributed by atoms with van der Waals surface area (Å²) in [6.45, 7) is 0. The topological polar surface area (TPSA) is 77.2 Å². The highest BCUT2D eigenvalue weighted by Gasteiger charge is 2.11. The van der Waals surface area contributed by atoms with E-state index in [4.69, 9.17) is 20.8 Å². The van der Waals surface area contributed by atoms with Crippen molar-refractivity contribution in [2.45, 2.75) is 12.8 Å². The summed E-state index contributed by atoms with van der Waals surface area (Å²) in [5.41, 5.74) is 1.49. The molecule has 0 aliphatic rings. The normalized spacial score (nSPS) is 10.5. The smallest absolute Gasteiger partial charge is 0.247 e. The fraction of sp³-hybridized carbons (Fsp3) is 0.167. The van der Waals surface area contributed by atoms with E-state index in [2.05, 4.69) is 15.5 Å². The molecule has 0 saturated heterocycles. The van der Waals surface area contributed by atoms with Crippen molar-refractivity contribution < 1.29 is 13.9 Å². The van der Waals surface area contributed by atoms with E-state index in [-0.39, 0.29) is 12.3 Å². The van der Waals surface area contributed by atoms with Crippen molar-refractivity contribution in [3.8, 4) is 17.2 Å². The van der Waals surface area contributed by atoms with Crippen molar-refractivity contribution in [3.05, 3.63) is 59.4 Å².